The molecule has 1 aromatic carbocycles. The van der Waals surface area contributed by atoms with Crippen LogP contribution in [-0.4, -0.2) is 66.4 Å². The molecule has 40 heavy (non-hydrogen) atoms. The molecule has 1 aliphatic heterocycles. The highest BCUT2D eigenvalue weighted by molar-refractivity contribution is 5.99. The molecule has 5 aromatic heterocycles. The Bertz CT molecular complexity index is 1820. The summed E-state index contributed by atoms with van der Waals surface area (Å²) < 4.78 is 20.0. The van der Waals surface area contributed by atoms with Gasteiger partial charge < -0.3 is 14.8 Å². The molecule has 0 bridgehead atoms. The smallest absolute Gasteiger partial charge is 0.138 e. The van der Waals surface area contributed by atoms with Crippen molar-refractivity contribution in [2.75, 3.05) is 26.2 Å². The van der Waals surface area contributed by atoms with E-state index in [-0.39, 0.29) is 5.75 Å². The second-order valence-electron chi connectivity index (χ2n) is 9.97. The fourth-order valence-corrected chi connectivity index (χ4v) is 5.31. The summed E-state index contributed by atoms with van der Waals surface area (Å²) in [6.07, 6.45) is 7.66. The molecular formula is C30H26FN7O2. The van der Waals surface area contributed by atoms with Crippen molar-refractivity contribution in [3.8, 4) is 45.4 Å². The first kappa shape index (κ1) is 24.2. The number of pyridine rings is 3. The molecule has 9 nitrogen and oxygen atoms in total. The lowest BCUT2D eigenvalue weighted by Crippen LogP contribution is -2.25. The number of fused-ring (bicyclic) bond motifs is 2. The van der Waals surface area contributed by atoms with E-state index in [1.165, 1.54) is 25.0 Å². The quantitative estimate of drug-likeness (QED) is 0.245. The Morgan fingerprint density at radius 1 is 0.950 bits per heavy atom. The lowest BCUT2D eigenvalue weighted by molar-refractivity contribution is 0.237. The van der Waals surface area contributed by atoms with Gasteiger partial charge in [0.05, 0.1) is 28.8 Å². The minimum atomic E-state index is -0.532. The summed E-state index contributed by atoms with van der Waals surface area (Å²) in [7, 11) is 0. The Hall–Kier alpha value is -4.83. The number of halogens is 1. The van der Waals surface area contributed by atoms with Crippen molar-refractivity contribution in [1.82, 2.24) is 35.0 Å². The first-order chi connectivity index (χ1) is 19.6. The van der Waals surface area contributed by atoms with Crippen LogP contribution >= 0.6 is 0 Å². The molecule has 0 aliphatic carbocycles. The van der Waals surface area contributed by atoms with Gasteiger partial charge in [-0.15, -0.1) is 0 Å². The molecule has 7 rings (SSSR count). The van der Waals surface area contributed by atoms with E-state index in [0.717, 1.165) is 59.1 Å². The van der Waals surface area contributed by atoms with E-state index >= 15 is 0 Å². The maximum absolute atomic E-state index is 14.0. The topological polar surface area (TPSA) is 116 Å². The molecule has 0 saturated carbocycles. The zero-order chi connectivity index (χ0) is 27.1. The van der Waals surface area contributed by atoms with Crippen molar-refractivity contribution in [2.45, 2.75) is 12.8 Å². The molecule has 0 radical (unpaired) electrons. The predicted molar refractivity (Wildman–Crippen MR) is 150 cm³/mol. The molecule has 6 aromatic rings. The highest BCUT2D eigenvalue weighted by Crippen LogP contribution is 2.34. The van der Waals surface area contributed by atoms with Crippen LogP contribution in [0.3, 0.4) is 0 Å². The highest BCUT2D eigenvalue weighted by Gasteiger charge is 2.17. The average molecular weight is 536 g/mol. The number of aromatic amines is 2. The van der Waals surface area contributed by atoms with Crippen LogP contribution in [0.4, 0.5) is 4.39 Å². The van der Waals surface area contributed by atoms with E-state index in [2.05, 4.69) is 30.0 Å². The molecule has 1 aliphatic rings. The molecule has 0 amide bonds. The van der Waals surface area contributed by atoms with Crippen molar-refractivity contribution in [3.05, 3.63) is 72.9 Å². The first-order valence-electron chi connectivity index (χ1n) is 13.2. The van der Waals surface area contributed by atoms with E-state index < -0.39 is 5.82 Å². The summed E-state index contributed by atoms with van der Waals surface area (Å²) in [5, 5.41) is 18.3. The second kappa shape index (κ2) is 10.0. The highest BCUT2D eigenvalue weighted by atomic mass is 19.1. The largest absolute Gasteiger partial charge is 0.508 e. The molecule has 10 heteroatoms. The van der Waals surface area contributed by atoms with Gasteiger partial charge >= 0.3 is 0 Å². The number of nitrogens with one attached hydrogen (secondary N) is 2. The molecule has 3 N–H and O–H groups in total. The number of likely N-dealkylation sites (tertiary alicyclic amines) is 1. The minimum Gasteiger partial charge on any atom is -0.508 e. The maximum atomic E-state index is 14.0. The van der Waals surface area contributed by atoms with Crippen molar-refractivity contribution >= 4 is 21.9 Å². The minimum absolute atomic E-state index is 0.157. The van der Waals surface area contributed by atoms with Gasteiger partial charge in [-0.1, -0.05) is 0 Å². The standard InChI is InChI=1S/C30H26FN7O2/c31-20-11-18(12-21(39)14-20)28-23-15-27(34-25(23)5-6-33-28)30-29-26(36-37-30)4-3-24(35-29)19-13-22(17-32-16-19)40-10-9-38-7-1-2-8-38/h3-6,11-17,34,39H,1-2,7-10H2,(H,36,37). The normalized spacial score (nSPS) is 13.9. The Balaban J connectivity index is 1.21. The summed E-state index contributed by atoms with van der Waals surface area (Å²) in [4.78, 5) is 19.6. The van der Waals surface area contributed by atoms with Crippen molar-refractivity contribution in [3.63, 3.8) is 0 Å². The number of aromatic nitrogens is 6. The fourth-order valence-electron chi connectivity index (χ4n) is 5.31. The van der Waals surface area contributed by atoms with Crippen LogP contribution in [0.1, 0.15) is 12.8 Å². The Labute approximate surface area is 228 Å². The van der Waals surface area contributed by atoms with Gasteiger partial charge in [0.1, 0.15) is 35.1 Å². The van der Waals surface area contributed by atoms with Gasteiger partial charge in [0.15, 0.2) is 0 Å². The molecular weight excluding hydrogens is 509 g/mol. The van der Waals surface area contributed by atoms with E-state index in [1.807, 2.05) is 30.3 Å². The van der Waals surface area contributed by atoms with Crippen LogP contribution in [-0.2, 0) is 0 Å². The number of rotatable bonds is 7. The van der Waals surface area contributed by atoms with Crippen LogP contribution in [0.15, 0.2) is 67.1 Å². The number of H-pyrrole nitrogens is 2. The number of nitrogens with zero attached hydrogens (tertiary/aromatic N) is 5. The number of ether oxygens (including phenoxy) is 1. The lowest BCUT2D eigenvalue weighted by Gasteiger charge is -2.15. The van der Waals surface area contributed by atoms with Gasteiger partial charge in [-0.25, -0.2) is 9.37 Å². The summed E-state index contributed by atoms with van der Waals surface area (Å²) in [5.41, 5.74) is 6.30. The van der Waals surface area contributed by atoms with E-state index in [1.54, 1.807) is 18.6 Å². The second-order valence-corrected chi connectivity index (χ2v) is 9.97. The summed E-state index contributed by atoms with van der Waals surface area (Å²) in [6.45, 7) is 3.81. The van der Waals surface area contributed by atoms with Crippen LogP contribution in [0.2, 0.25) is 0 Å². The number of phenolic OH excluding ortho intramolecular Hbond substituents is 1. The van der Waals surface area contributed by atoms with E-state index in [0.29, 0.717) is 34.8 Å². The molecule has 200 valence electrons. The van der Waals surface area contributed by atoms with Gasteiger partial charge in [-0.05, 0) is 68.4 Å². The number of phenols is 1. The van der Waals surface area contributed by atoms with Crippen LogP contribution in [0.25, 0.3) is 55.8 Å². The monoisotopic (exact) mass is 535 g/mol. The van der Waals surface area contributed by atoms with Gasteiger partial charge in [0, 0.05) is 47.0 Å². The number of benzene rings is 1. The Morgan fingerprint density at radius 2 is 1.85 bits per heavy atom. The Morgan fingerprint density at radius 3 is 2.73 bits per heavy atom. The summed E-state index contributed by atoms with van der Waals surface area (Å²) in [5.74, 6) is 0.0234. The lowest BCUT2D eigenvalue weighted by atomic mass is 10.1. The van der Waals surface area contributed by atoms with Gasteiger partial charge in [-0.2, -0.15) is 5.10 Å². The van der Waals surface area contributed by atoms with Gasteiger partial charge in [0.2, 0.25) is 0 Å². The van der Waals surface area contributed by atoms with Gasteiger partial charge in [-0.3, -0.25) is 20.0 Å². The SMILES string of the molecule is Oc1cc(F)cc(-c2nccc3[nH]c(-c4n[nH]c5ccc(-c6cncc(OCCN7CCCC7)c6)nc45)cc23)c1. The number of hydrogen-bond acceptors (Lipinski definition) is 7. The van der Waals surface area contributed by atoms with Crippen LogP contribution in [0.5, 0.6) is 11.5 Å². The van der Waals surface area contributed by atoms with E-state index in [4.69, 9.17) is 9.72 Å². The molecule has 1 saturated heterocycles. The fraction of sp³-hybridized carbons (Fsp3) is 0.200. The van der Waals surface area contributed by atoms with Crippen LogP contribution < -0.4 is 4.74 Å². The van der Waals surface area contributed by atoms with Crippen molar-refractivity contribution < 1.29 is 14.2 Å². The molecule has 0 unspecified atom stereocenters. The van der Waals surface area contributed by atoms with Crippen LogP contribution in [0, 0.1) is 5.82 Å². The zero-order valence-electron chi connectivity index (χ0n) is 21.6. The summed E-state index contributed by atoms with van der Waals surface area (Å²) in [6, 6.07) is 13.5. The predicted octanol–water partition coefficient (Wildman–Crippen LogP) is 5.55. The van der Waals surface area contributed by atoms with E-state index in [9.17, 15) is 9.50 Å². The Kier molecular flexibility index (Phi) is 6.09. The molecule has 6 heterocycles. The third-order valence-electron chi connectivity index (χ3n) is 7.25. The first-order valence-corrected chi connectivity index (χ1v) is 13.2. The molecule has 1 fully saturated rings. The summed E-state index contributed by atoms with van der Waals surface area (Å²) >= 11 is 0. The molecule has 0 atom stereocenters. The number of hydrogen-bond donors (Lipinski definition) is 3. The third-order valence-corrected chi connectivity index (χ3v) is 7.25. The van der Waals surface area contributed by atoms with Crippen molar-refractivity contribution in [1.29, 1.82) is 0 Å². The third kappa shape index (κ3) is 4.62. The number of aromatic hydroxyl groups is 1. The van der Waals surface area contributed by atoms with Crippen molar-refractivity contribution in [2.24, 2.45) is 0 Å². The zero-order valence-corrected chi connectivity index (χ0v) is 21.6. The molecule has 0 spiro atoms. The average Bonchev–Trinajstić information content (AvgIpc) is 3.71. The maximum Gasteiger partial charge on any atom is 0.138 e. The van der Waals surface area contributed by atoms with Gasteiger partial charge in [0.25, 0.3) is 0 Å².